The molecule has 0 fully saturated rings. The molecule has 98 valence electrons. The Hall–Kier alpha value is -1.78. The van der Waals surface area contributed by atoms with Crippen LogP contribution in [0.15, 0.2) is 12.1 Å². The maximum absolute atomic E-state index is 13.3. The largest absolute Gasteiger partial charge is 0.505 e. The maximum Gasteiger partial charge on any atom is 0.414 e. The number of amides is 1. The van der Waals surface area contributed by atoms with Crippen molar-refractivity contribution in [3.63, 3.8) is 0 Å². The van der Waals surface area contributed by atoms with Gasteiger partial charge in [0.05, 0.1) is 5.69 Å². The van der Waals surface area contributed by atoms with Crippen LogP contribution in [0.1, 0.15) is 26.3 Å². The number of carbonyl (C=O) groups excluding carboxylic acids is 1. The number of hydrogen-bond acceptors (Lipinski definition) is 3. The molecular weight excluding hydrogens is 237 g/mol. The van der Waals surface area contributed by atoms with Crippen molar-refractivity contribution in [2.24, 2.45) is 0 Å². The number of rotatable bonds is 0. The Morgan fingerprint density at radius 3 is 2.72 bits per heavy atom. The molecule has 1 aromatic rings. The summed E-state index contributed by atoms with van der Waals surface area (Å²) in [5.74, 6) is -1.12. The van der Waals surface area contributed by atoms with E-state index in [0.29, 0.717) is 18.7 Å². The van der Waals surface area contributed by atoms with Gasteiger partial charge < -0.3 is 9.84 Å². The number of hydrogen-bond donors (Lipinski definition) is 1. The number of phenolic OH excluding ortho intramolecular Hbond substituents is 1. The Balaban J connectivity index is 2.26. The lowest BCUT2D eigenvalue weighted by molar-refractivity contribution is 0.0584. The molecule has 1 amide bonds. The molecule has 0 saturated carbocycles. The third-order valence-corrected chi connectivity index (χ3v) is 2.66. The molecule has 0 bridgehead atoms. The molecule has 0 radical (unpaired) electrons. The van der Waals surface area contributed by atoms with E-state index < -0.39 is 17.5 Å². The van der Waals surface area contributed by atoms with Crippen LogP contribution in [0.25, 0.3) is 0 Å². The minimum atomic E-state index is -0.732. The molecule has 1 heterocycles. The predicted molar refractivity (Wildman–Crippen MR) is 65.3 cm³/mol. The van der Waals surface area contributed by atoms with Crippen molar-refractivity contribution in [1.82, 2.24) is 0 Å². The van der Waals surface area contributed by atoms with Crippen LogP contribution in [0.3, 0.4) is 0 Å². The summed E-state index contributed by atoms with van der Waals surface area (Å²) in [5, 5.41) is 9.29. The van der Waals surface area contributed by atoms with Crippen LogP contribution in [-0.4, -0.2) is 23.3 Å². The molecule has 0 aliphatic carbocycles. The van der Waals surface area contributed by atoms with Gasteiger partial charge in [-0.1, -0.05) is 0 Å². The Bertz CT molecular complexity index is 494. The molecule has 0 saturated heterocycles. The topological polar surface area (TPSA) is 49.8 Å². The van der Waals surface area contributed by atoms with Gasteiger partial charge in [0.2, 0.25) is 0 Å². The number of fused-ring (bicyclic) bond motifs is 1. The molecule has 5 heteroatoms. The van der Waals surface area contributed by atoms with Gasteiger partial charge in [0, 0.05) is 12.6 Å². The predicted octanol–water partition coefficient (Wildman–Crippen LogP) is 2.83. The van der Waals surface area contributed by atoms with E-state index in [2.05, 4.69) is 0 Å². The molecule has 0 unspecified atom stereocenters. The van der Waals surface area contributed by atoms with Crippen LogP contribution in [0.5, 0.6) is 5.75 Å². The van der Waals surface area contributed by atoms with Gasteiger partial charge in [0.25, 0.3) is 0 Å². The second-order valence-electron chi connectivity index (χ2n) is 5.31. The van der Waals surface area contributed by atoms with Crippen molar-refractivity contribution in [2.75, 3.05) is 11.4 Å². The number of carbonyl (C=O) groups is 1. The van der Waals surface area contributed by atoms with E-state index in [1.807, 2.05) is 0 Å². The third-order valence-electron chi connectivity index (χ3n) is 2.66. The SMILES string of the molecule is CC(C)(C)OC(=O)N1CCc2cc(O)c(F)cc21. The molecule has 1 aromatic carbocycles. The van der Waals surface area contributed by atoms with Gasteiger partial charge in [-0.05, 0) is 38.8 Å². The first-order valence-electron chi connectivity index (χ1n) is 5.80. The number of benzene rings is 1. The smallest absolute Gasteiger partial charge is 0.414 e. The lowest BCUT2D eigenvalue weighted by Gasteiger charge is -2.24. The van der Waals surface area contributed by atoms with E-state index in [0.717, 1.165) is 5.56 Å². The third kappa shape index (κ3) is 2.39. The number of anilines is 1. The van der Waals surface area contributed by atoms with Crippen molar-refractivity contribution >= 4 is 11.8 Å². The summed E-state index contributed by atoms with van der Waals surface area (Å²) < 4.78 is 18.6. The lowest BCUT2D eigenvalue weighted by atomic mass is 10.1. The second-order valence-corrected chi connectivity index (χ2v) is 5.31. The van der Waals surface area contributed by atoms with E-state index >= 15 is 0 Å². The summed E-state index contributed by atoms with van der Waals surface area (Å²) in [6.07, 6.45) is 0.0916. The number of aromatic hydroxyl groups is 1. The van der Waals surface area contributed by atoms with E-state index in [4.69, 9.17) is 4.74 Å². The molecule has 1 aliphatic rings. The zero-order valence-corrected chi connectivity index (χ0v) is 10.7. The highest BCUT2D eigenvalue weighted by Gasteiger charge is 2.29. The first kappa shape index (κ1) is 12.7. The quantitative estimate of drug-likeness (QED) is 0.773. The molecule has 0 aromatic heterocycles. The summed E-state index contributed by atoms with van der Waals surface area (Å²) in [4.78, 5) is 13.3. The van der Waals surface area contributed by atoms with Gasteiger partial charge >= 0.3 is 6.09 Å². The standard InChI is InChI=1S/C13H16FNO3/c1-13(2,3)18-12(17)15-5-4-8-6-11(16)9(14)7-10(8)15/h6-7,16H,4-5H2,1-3H3. The molecule has 2 rings (SSSR count). The highest BCUT2D eigenvalue weighted by molar-refractivity contribution is 5.90. The van der Waals surface area contributed by atoms with Crippen LogP contribution >= 0.6 is 0 Å². The van der Waals surface area contributed by atoms with Gasteiger partial charge in [-0.3, -0.25) is 4.90 Å². The summed E-state index contributed by atoms with van der Waals surface area (Å²) in [7, 11) is 0. The van der Waals surface area contributed by atoms with Crippen LogP contribution in [0.2, 0.25) is 0 Å². The zero-order chi connectivity index (χ0) is 13.5. The van der Waals surface area contributed by atoms with Gasteiger partial charge in [-0.25, -0.2) is 9.18 Å². The number of ether oxygens (including phenoxy) is 1. The molecule has 0 spiro atoms. The fourth-order valence-electron chi connectivity index (χ4n) is 1.91. The highest BCUT2D eigenvalue weighted by atomic mass is 19.1. The number of halogens is 1. The summed E-state index contributed by atoms with van der Waals surface area (Å²) in [5.41, 5.74) is 0.634. The summed E-state index contributed by atoms with van der Waals surface area (Å²) in [6, 6.07) is 2.52. The zero-order valence-electron chi connectivity index (χ0n) is 10.7. The molecule has 1 aliphatic heterocycles. The Morgan fingerprint density at radius 1 is 1.44 bits per heavy atom. The average molecular weight is 253 g/mol. The molecule has 0 atom stereocenters. The Kier molecular flexibility index (Phi) is 2.92. The Labute approximate surface area is 105 Å². The summed E-state index contributed by atoms with van der Waals surface area (Å²) >= 11 is 0. The molecule has 4 nitrogen and oxygen atoms in total. The number of phenols is 1. The number of nitrogens with zero attached hydrogens (tertiary/aromatic N) is 1. The maximum atomic E-state index is 13.3. The van der Waals surface area contributed by atoms with Crippen molar-refractivity contribution in [3.8, 4) is 5.75 Å². The van der Waals surface area contributed by atoms with Gasteiger partial charge in [-0.15, -0.1) is 0 Å². The van der Waals surface area contributed by atoms with Crippen LogP contribution in [0, 0.1) is 5.82 Å². The van der Waals surface area contributed by atoms with Crippen molar-refractivity contribution in [3.05, 3.63) is 23.5 Å². The highest BCUT2D eigenvalue weighted by Crippen LogP contribution is 2.33. The first-order chi connectivity index (χ1) is 8.28. The van der Waals surface area contributed by atoms with Crippen molar-refractivity contribution < 1.29 is 19.0 Å². The second kappa shape index (κ2) is 4.15. The van der Waals surface area contributed by atoms with Gasteiger partial charge in [0.15, 0.2) is 11.6 Å². The fourth-order valence-corrected chi connectivity index (χ4v) is 1.91. The average Bonchev–Trinajstić information content (AvgIpc) is 2.59. The van der Waals surface area contributed by atoms with E-state index in [-0.39, 0.29) is 5.75 Å². The minimum absolute atomic E-state index is 0.389. The molecule has 1 N–H and O–H groups in total. The fraction of sp³-hybridized carbons (Fsp3) is 0.462. The van der Waals surface area contributed by atoms with Crippen LogP contribution in [-0.2, 0) is 11.2 Å². The summed E-state index contributed by atoms with van der Waals surface area (Å²) in [6.45, 7) is 5.77. The van der Waals surface area contributed by atoms with Gasteiger partial charge in [0.1, 0.15) is 5.60 Å². The van der Waals surface area contributed by atoms with Crippen LogP contribution < -0.4 is 4.90 Å². The van der Waals surface area contributed by atoms with Crippen molar-refractivity contribution in [1.29, 1.82) is 0 Å². The normalized spacial score (nSPS) is 14.6. The van der Waals surface area contributed by atoms with Crippen LogP contribution in [0.4, 0.5) is 14.9 Å². The first-order valence-corrected chi connectivity index (χ1v) is 5.80. The molecular formula is C13H16FNO3. The van der Waals surface area contributed by atoms with E-state index in [1.165, 1.54) is 17.0 Å². The van der Waals surface area contributed by atoms with Gasteiger partial charge in [-0.2, -0.15) is 0 Å². The Morgan fingerprint density at radius 2 is 2.11 bits per heavy atom. The molecule has 18 heavy (non-hydrogen) atoms. The monoisotopic (exact) mass is 253 g/mol. The van der Waals surface area contributed by atoms with E-state index in [1.54, 1.807) is 20.8 Å². The minimum Gasteiger partial charge on any atom is -0.505 e. The lowest BCUT2D eigenvalue weighted by Crippen LogP contribution is -2.35. The van der Waals surface area contributed by atoms with E-state index in [9.17, 15) is 14.3 Å². The van der Waals surface area contributed by atoms with Crippen molar-refractivity contribution in [2.45, 2.75) is 32.8 Å².